The van der Waals surface area contributed by atoms with Crippen molar-refractivity contribution in [1.82, 2.24) is 4.98 Å². The molecule has 0 saturated heterocycles. The number of para-hydroxylation sites is 2. The molecule has 1 aromatic heterocycles. The minimum atomic E-state index is 0. The summed E-state index contributed by atoms with van der Waals surface area (Å²) < 4.78 is 0. The molecule has 0 atom stereocenters. The van der Waals surface area contributed by atoms with Crippen LogP contribution in [0, 0.1) is 0 Å². The minimum absolute atomic E-state index is 0. The molecule has 1 radical (unpaired) electrons. The molecule has 0 aliphatic rings. The molecule has 0 aliphatic heterocycles. The third-order valence-electron chi connectivity index (χ3n) is 3.78. The van der Waals surface area contributed by atoms with Gasteiger partial charge in [0.15, 0.2) is 0 Å². The molecule has 0 amide bonds. The van der Waals surface area contributed by atoms with Crippen LogP contribution in [0.4, 0.5) is 11.4 Å². The topological polar surface area (TPSA) is 61.7 Å². The van der Waals surface area contributed by atoms with Gasteiger partial charge in [-0.15, -0.1) is 0 Å². The fourth-order valence-corrected chi connectivity index (χ4v) is 2.51. The van der Waals surface area contributed by atoms with Crippen molar-refractivity contribution in [3.05, 3.63) is 89.2 Å². The average molecular weight is 535 g/mol. The van der Waals surface area contributed by atoms with Crippen LogP contribution in [0.2, 0.25) is 5.02 Å². The van der Waals surface area contributed by atoms with Crippen molar-refractivity contribution in [2.24, 2.45) is 10.2 Å². The predicted octanol–water partition coefficient (Wildman–Crippen LogP) is -3.58. The second-order valence-corrected chi connectivity index (χ2v) is 6.34. The molecule has 2 aromatic carbocycles. The summed E-state index contributed by atoms with van der Waals surface area (Å²) in [5.41, 5.74) is 10.7. The number of hydrogen-bond donors (Lipinski definition) is 2. The first-order valence-corrected chi connectivity index (χ1v) is 8.88. The van der Waals surface area contributed by atoms with Gasteiger partial charge in [-0.2, -0.15) is 10.2 Å². The van der Waals surface area contributed by atoms with Crippen LogP contribution in [0.3, 0.4) is 0 Å². The molecular weight excluding hydrogens is 515 g/mol. The molecule has 10 heteroatoms. The van der Waals surface area contributed by atoms with Gasteiger partial charge in [-0.25, -0.2) is 4.98 Å². The summed E-state index contributed by atoms with van der Waals surface area (Å²) in [6.07, 6.45) is 0. The monoisotopic (exact) mass is 533 g/mol. The van der Waals surface area contributed by atoms with Crippen LogP contribution in [0.1, 0.15) is 25.2 Å². The molecule has 0 saturated carbocycles. The molecule has 31 heavy (non-hydrogen) atoms. The Labute approximate surface area is 218 Å². The van der Waals surface area contributed by atoms with Gasteiger partial charge < -0.3 is 37.2 Å². The largest absolute Gasteiger partial charge is 1.00 e. The smallest absolute Gasteiger partial charge is 0.0882 e. The van der Waals surface area contributed by atoms with Crippen LogP contribution < -0.4 is 48.1 Å². The van der Waals surface area contributed by atoms with Crippen LogP contribution in [-0.4, -0.2) is 16.4 Å². The van der Waals surface area contributed by atoms with Crippen molar-refractivity contribution >= 4 is 34.4 Å². The number of pyridine rings is 1. The molecule has 0 aliphatic carbocycles. The number of hydrazone groups is 2. The van der Waals surface area contributed by atoms with Crippen LogP contribution >= 0.6 is 11.6 Å². The van der Waals surface area contributed by atoms with Crippen molar-refractivity contribution in [1.29, 1.82) is 0 Å². The molecular formula is C21H20Cl4N5V-3. The maximum absolute atomic E-state index is 6.28. The Morgan fingerprint density at radius 2 is 1.06 bits per heavy atom. The number of aromatic nitrogens is 1. The first-order chi connectivity index (χ1) is 13.1. The third-order valence-corrected chi connectivity index (χ3v) is 4.00. The molecule has 3 rings (SSSR count). The number of rotatable bonds is 6. The van der Waals surface area contributed by atoms with Crippen LogP contribution in [0.25, 0.3) is 0 Å². The van der Waals surface area contributed by atoms with Gasteiger partial charge in [0.1, 0.15) is 0 Å². The van der Waals surface area contributed by atoms with E-state index in [1.165, 1.54) is 0 Å². The van der Waals surface area contributed by atoms with Crippen LogP contribution in [-0.2, 0) is 18.6 Å². The molecule has 2 N–H and O–H groups in total. The van der Waals surface area contributed by atoms with Gasteiger partial charge in [0.25, 0.3) is 0 Å². The van der Waals surface area contributed by atoms with E-state index in [1.54, 1.807) is 12.1 Å². The SMILES string of the molecule is CC(=NNc1ccccc1)c1cc(Cl)cc(C(C)=NNc2ccccc2)n1.[Cl-].[Cl-].[Cl-].[V]. The van der Waals surface area contributed by atoms with Crippen molar-refractivity contribution in [3.63, 3.8) is 0 Å². The van der Waals surface area contributed by atoms with Gasteiger partial charge in [0, 0.05) is 23.6 Å². The first-order valence-electron chi connectivity index (χ1n) is 8.51. The number of halogens is 4. The maximum atomic E-state index is 6.28. The van der Waals surface area contributed by atoms with Crippen molar-refractivity contribution < 1.29 is 55.8 Å². The molecule has 0 bridgehead atoms. The van der Waals surface area contributed by atoms with E-state index in [4.69, 9.17) is 11.6 Å². The zero-order valence-electron chi connectivity index (χ0n) is 16.7. The molecule has 165 valence electrons. The second kappa shape index (κ2) is 16.0. The zero-order chi connectivity index (χ0) is 19.1. The third kappa shape index (κ3) is 9.96. The van der Waals surface area contributed by atoms with Gasteiger partial charge >= 0.3 is 0 Å². The predicted molar refractivity (Wildman–Crippen MR) is 114 cm³/mol. The molecule has 0 fully saturated rings. The first kappa shape index (κ1) is 31.5. The van der Waals surface area contributed by atoms with Crippen molar-refractivity contribution in [2.45, 2.75) is 13.8 Å². The summed E-state index contributed by atoms with van der Waals surface area (Å²) >= 11 is 6.28. The summed E-state index contributed by atoms with van der Waals surface area (Å²) in [6, 6.07) is 23.0. The van der Waals surface area contributed by atoms with E-state index in [0.29, 0.717) is 16.4 Å². The summed E-state index contributed by atoms with van der Waals surface area (Å²) in [4.78, 5) is 4.63. The maximum Gasteiger partial charge on any atom is 0.0882 e. The van der Waals surface area contributed by atoms with E-state index in [-0.39, 0.29) is 55.8 Å². The van der Waals surface area contributed by atoms with Crippen molar-refractivity contribution in [3.8, 4) is 0 Å². The molecule has 0 spiro atoms. The van der Waals surface area contributed by atoms with E-state index in [2.05, 4.69) is 26.0 Å². The fourth-order valence-electron chi connectivity index (χ4n) is 2.30. The molecule has 1 heterocycles. The van der Waals surface area contributed by atoms with Crippen LogP contribution in [0.15, 0.2) is 83.0 Å². The standard InChI is InChI=1S/C21H20ClN5.3ClH.V/c1-15(24-26-18-9-5-3-6-10-18)20-13-17(22)14-21(23-20)16(2)25-27-19-11-7-4-8-12-19;;;;/h3-14,26-27H,1-2H3;3*1H;/p-3. The average Bonchev–Trinajstić information content (AvgIpc) is 2.71. The minimum Gasteiger partial charge on any atom is -1.00 e. The van der Waals surface area contributed by atoms with Gasteiger partial charge in [-0.1, -0.05) is 48.0 Å². The van der Waals surface area contributed by atoms with Crippen molar-refractivity contribution in [2.75, 3.05) is 10.9 Å². The van der Waals surface area contributed by atoms with E-state index in [0.717, 1.165) is 22.8 Å². The summed E-state index contributed by atoms with van der Waals surface area (Å²) in [6.45, 7) is 3.76. The fraction of sp³-hybridized carbons (Fsp3) is 0.0952. The molecule has 5 nitrogen and oxygen atoms in total. The van der Waals surface area contributed by atoms with Gasteiger partial charge in [0.2, 0.25) is 0 Å². The normalized spacial score (nSPS) is 10.4. The Morgan fingerprint density at radius 3 is 1.42 bits per heavy atom. The Kier molecular flexibility index (Phi) is 16.2. The number of hydrogen-bond acceptors (Lipinski definition) is 5. The Morgan fingerprint density at radius 1 is 0.710 bits per heavy atom. The van der Waals surface area contributed by atoms with E-state index >= 15 is 0 Å². The number of nitrogens with zero attached hydrogens (tertiary/aromatic N) is 3. The van der Waals surface area contributed by atoms with E-state index < -0.39 is 0 Å². The Balaban J connectivity index is 0. The van der Waals surface area contributed by atoms with Crippen LogP contribution in [0.5, 0.6) is 0 Å². The number of benzene rings is 2. The summed E-state index contributed by atoms with van der Waals surface area (Å²) in [5.74, 6) is 0. The molecule has 3 aromatic rings. The number of nitrogens with one attached hydrogen (secondary N) is 2. The van der Waals surface area contributed by atoms with Gasteiger partial charge in [-0.3, -0.25) is 10.9 Å². The van der Waals surface area contributed by atoms with Gasteiger partial charge in [-0.05, 0) is 50.2 Å². The van der Waals surface area contributed by atoms with Gasteiger partial charge in [0.05, 0.1) is 34.2 Å². The number of anilines is 2. The van der Waals surface area contributed by atoms with E-state index in [1.807, 2.05) is 74.5 Å². The summed E-state index contributed by atoms with van der Waals surface area (Å²) in [7, 11) is 0. The zero-order valence-corrected chi connectivity index (χ0v) is 21.1. The Bertz CT molecular complexity index is 894. The van der Waals surface area contributed by atoms with E-state index in [9.17, 15) is 0 Å². The Hall–Kier alpha value is -1.73. The molecule has 0 unspecified atom stereocenters. The second-order valence-electron chi connectivity index (χ2n) is 5.91. The summed E-state index contributed by atoms with van der Waals surface area (Å²) in [5, 5.41) is 9.36. The quantitative estimate of drug-likeness (QED) is 0.254.